The number of carbonyl (C=O) groups is 1. The maximum Gasteiger partial charge on any atom is 0.242 e. The van der Waals surface area contributed by atoms with Crippen LogP contribution in [-0.2, 0) is 11.3 Å². The lowest BCUT2D eigenvalue weighted by Crippen LogP contribution is -2.39. The molecular weight excluding hydrogens is 330 g/mol. The van der Waals surface area contributed by atoms with Crippen LogP contribution >= 0.6 is 0 Å². The quantitative estimate of drug-likeness (QED) is 0.595. The molecule has 0 bridgehead atoms. The van der Waals surface area contributed by atoms with Crippen LogP contribution in [0.5, 0.6) is 0 Å². The van der Waals surface area contributed by atoms with Crippen molar-refractivity contribution >= 4 is 28.7 Å². The van der Waals surface area contributed by atoms with Crippen LogP contribution in [0.1, 0.15) is 25.5 Å². The van der Waals surface area contributed by atoms with Crippen molar-refractivity contribution in [2.45, 2.75) is 32.4 Å². The predicted molar refractivity (Wildman–Crippen MR) is 100 cm³/mol. The van der Waals surface area contributed by atoms with E-state index in [0.717, 1.165) is 12.1 Å². The van der Waals surface area contributed by atoms with Crippen molar-refractivity contribution in [2.75, 3.05) is 11.1 Å². The summed E-state index contributed by atoms with van der Waals surface area (Å²) in [6.45, 7) is 2.39. The van der Waals surface area contributed by atoms with Crippen molar-refractivity contribution in [1.29, 1.82) is 0 Å². The predicted octanol–water partition coefficient (Wildman–Crippen LogP) is 1.90. The van der Waals surface area contributed by atoms with Crippen molar-refractivity contribution < 1.29 is 4.79 Å². The molecule has 0 radical (unpaired) electrons. The number of amides is 1. The van der Waals surface area contributed by atoms with Gasteiger partial charge in [-0.15, -0.1) is 0 Å². The third-order valence-corrected chi connectivity index (χ3v) is 3.85. The van der Waals surface area contributed by atoms with Gasteiger partial charge in [0.2, 0.25) is 11.9 Å². The van der Waals surface area contributed by atoms with E-state index in [1.54, 1.807) is 18.5 Å². The first-order valence-electron chi connectivity index (χ1n) is 8.49. The molecule has 3 aromatic rings. The minimum atomic E-state index is -0.455. The summed E-state index contributed by atoms with van der Waals surface area (Å²) in [6.07, 6.45) is 4.83. The highest BCUT2D eigenvalue weighted by molar-refractivity contribution is 5.90. The SMILES string of the molecule is CCC[C@H](Nc1nc(N)nc2cccnc12)C(=O)NCc1ccccn1. The summed E-state index contributed by atoms with van der Waals surface area (Å²) in [7, 11) is 0. The fraction of sp³-hybridized carbons (Fsp3) is 0.278. The number of aromatic nitrogens is 4. The molecule has 3 heterocycles. The van der Waals surface area contributed by atoms with Gasteiger partial charge in [-0.25, -0.2) is 4.98 Å². The summed E-state index contributed by atoms with van der Waals surface area (Å²) in [4.78, 5) is 29.5. The molecule has 0 unspecified atom stereocenters. The lowest BCUT2D eigenvalue weighted by molar-refractivity contribution is -0.122. The molecule has 4 N–H and O–H groups in total. The van der Waals surface area contributed by atoms with Gasteiger partial charge in [-0.2, -0.15) is 4.98 Å². The average molecular weight is 351 g/mol. The normalized spacial score (nSPS) is 11.9. The molecule has 8 heteroatoms. The van der Waals surface area contributed by atoms with Crippen LogP contribution in [0.25, 0.3) is 11.0 Å². The number of nitrogens with zero attached hydrogens (tertiary/aromatic N) is 4. The number of carbonyl (C=O) groups excluding carboxylic acids is 1. The van der Waals surface area contributed by atoms with Crippen molar-refractivity contribution in [2.24, 2.45) is 0 Å². The Morgan fingerprint density at radius 3 is 2.77 bits per heavy atom. The largest absolute Gasteiger partial charge is 0.368 e. The minimum absolute atomic E-state index is 0.126. The maximum atomic E-state index is 12.6. The number of hydrogen-bond acceptors (Lipinski definition) is 7. The average Bonchev–Trinajstić information content (AvgIpc) is 2.66. The van der Waals surface area contributed by atoms with E-state index >= 15 is 0 Å². The Balaban J connectivity index is 1.77. The number of pyridine rings is 2. The Morgan fingerprint density at radius 1 is 1.15 bits per heavy atom. The number of hydrogen-bond donors (Lipinski definition) is 3. The summed E-state index contributed by atoms with van der Waals surface area (Å²) in [6, 6.07) is 8.72. The Bertz CT molecular complexity index is 885. The van der Waals surface area contributed by atoms with Crippen LogP contribution < -0.4 is 16.4 Å². The van der Waals surface area contributed by atoms with Crippen LogP contribution in [0.15, 0.2) is 42.7 Å². The molecule has 0 saturated heterocycles. The van der Waals surface area contributed by atoms with Crippen molar-refractivity contribution in [1.82, 2.24) is 25.3 Å². The van der Waals surface area contributed by atoms with Crippen molar-refractivity contribution in [3.8, 4) is 0 Å². The van der Waals surface area contributed by atoms with E-state index in [1.807, 2.05) is 31.2 Å². The van der Waals surface area contributed by atoms with Crippen LogP contribution in [0.2, 0.25) is 0 Å². The Morgan fingerprint density at radius 2 is 2.00 bits per heavy atom. The van der Waals surface area contributed by atoms with Crippen LogP contribution in [0, 0.1) is 0 Å². The Kier molecular flexibility index (Phi) is 5.52. The molecule has 8 nitrogen and oxygen atoms in total. The number of anilines is 2. The van der Waals surface area contributed by atoms with Crippen molar-refractivity contribution in [3.63, 3.8) is 0 Å². The first kappa shape index (κ1) is 17.5. The molecule has 0 aliphatic heterocycles. The number of nitrogens with one attached hydrogen (secondary N) is 2. The Hall–Kier alpha value is -3.29. The number of fused-ring (bicyclic) bond motifs is 1. The zero-order valence-electron chi connectivity index (χ0n) is 14.5. The molecule has 0 saturated carbocycles. The lowest BCUT2D eigenvalue weighted by Gasteiger charge is -2.19. The van der Waals surface area contributed by atoms with Gasteiger partial charge in [-0.3, -0.25) is 14.8 Å². The molecule has 1 atom stereocenters. The molecule has 0 aliphatic carbocycles. The monoisotopic (exact) mass is 351 g/mol. The van der Waals surface area contributed by atoms with E-state index in [2.05, 4.69) is 30.6 Å². The van der Waals surface area contributed by atoms with Gasteiger partial charge in [0, 0.05) is 12.4 Å². The second-order valence-electron chi connectivity index (χ2n) is 5.83. The highest BCUT2D eigenvalue weighted by Gasteiger charge is 2.20. The molecule has 1 amide bonds. The molecule has 3 rings (SSSR count). The highest BCUT2D eigenvalue weighted by atomic mass is 16.2. The van der Waals surface area contributed by atoms with E-state index in [1.165, 1.54) is 0 Å². The topological polar surface area (TPSA) is 119 Å². The number of nitrogen functional groups attached to an aromatic ring is 1. The first-order valence-corrected chi connectivity index (χ1v) is 8.49. The number of rotatable bonds is 7. The van der Waals surface area contributed by atoms with Gasteiger partial charge in [-0.1, -0.05) is 19.4 Å². The lowest BCUT2D eigenvalue weighted by atomic mass is 10.1. The molecular formula is C18H21N7O. The van der Waals surface area contributed by atoms with E-state index < -0.39 is 6.04 Å². The van der Waals surface area contributed by atoms with E-state index in [0.29, 0.717) is 29.8 Å². The summed E-state index contributed by atoms with van der Waals surface area (Å²) >= 11 is 0. The maximum absolute atomic E-state index is 12.6. The molecule has 134 valence electrons. The standard InChI is InChI=1S/C18H21N7O/c1-2-6-14(17(26)22-11-12-7-3-4-9-20-12)23-16-15-13(8-5-10-21-15)24-18(19)25-16/h3-5,7-10,14H,2,6,11H2,1H3,(H,22,26)(H3,19,23,24,25)/t14-/m0/s1. The minimum Gasteiger partial charge on any atom is -0.368 e. The third-order valence-electron chi connectivity index (χ3n) is 3.85. The first-order chi connectivity index (χ1) is 12.7. The molecule has 26 heavy (non-hydrogen) atoms. The van der Waals surface area contributed by atoms with Crippen LogP contribution in [-0.4, -0.2) is 31.9 Å². The van der Waals surface area contributed by atoms with E-state index in [-0.39, 0.29) is 11.9 Å². The second kappa shape index (κ2) is 8.19. The number of nitrogens with two attached hydrogens (primary N) is 1. The van der Waals surface area contributed by atoms with Gasteiger partial charge in [0.05, 0.1) is 17.8 Å². The molecule has 0 aromatic carbocycles. The van der Waals surface area contributed by atoms with Gasteiger partial charge in [0.1, 0.15) is 11.6 Å². The van der Waals surface area contributed by atoms with Gasteiger partial charge in [0.15, 0.2) is 5.82 Å². The molecule has 0 spiro atoms. The van der Waals surface area contributed by atoms with E-state index in [9.17, 15) is 4.79 Å². The van der Waals surface area contributed by atoms with E-state index in [4.69, 9.17) is 5.73 Å². The third kappa shape index (κ3) is 4.21. The van der Waals surface area contributed by atoms with Gasteiger partial charge < -0.3 is 16.4 Å². The summed E-state index contributed by atoms with van der Waals surface area (Å²) in [5, 5.41) is 6.08. The molecule has 3 aromatic heterocycles. The smallest absolute Gasteiger partial charge is 0.242 e. The van der Waals surface area contributed by atoms with Crippen LogP contribution in [0.3, 0.4) is 0 Å². The summed E-state index contributed by atoms with van der Waals surface area (Å²) in [5.74, 6) is 0.468. The summed E-state index contributed by atoms with van der Waals surface area (Å²) in [5.41, 5.74) is 7.80. The Labute approximate surface area is 151 Å². The summed E-state index contributed by atoms with van der Waals surface area (Å²) < 4.78 is 0. The van der Waals surface area contributed by atoms with Gasteiger partial charge >= 0.3 is 0 Å². The van der Waals surface area contributed by atoms with Gasteiger partial charge in [0.25, 0.3) is 0 Å². The molecule has 0 fully saturated rings. The zero-order valence-corrected chi connectivity index (χ0v) is 14.5. The highest BCUT2D eigenvalue weighted by Crippen LogP contribution is 2.20. The molecule has 0 aliphatic rings. The fourth-order valence-corrected chi connectivity index (χ4v) is 2.61. The fourth-order valence-electron chi connectivity index (χ4n) is 2.61. The zero-order chi connectivity index (χ0) is 18.4. The van der Waals surface area contributed by atoms with Crippen LogP contribution in [0.4, 0.5) is 11.8 Å². The van der Waals surface area contributed by atoms with Crippen molar-refractivity contribution in [3.05, 3.63) is 48.4 Å². The van der Waals surface area contributed by atoms with Gasteiger partial charge in [-0.05, 0) is 30.7 Å². The second-order valence-corrected chi connectivity index (χ2v) is 5.83.